The first kappa shape index (κ1) is 20.3. The Morgan fingerprint density at radius 3 is 2.58 bits per heavy atom. The summed E-state index contributed by atoms with van der Waals surface area (Å²) in [6.07, 6.45) is 1.44. The lowest BCUT2D eigenvalue weighted by Crippen LogP contribution is -2.32. The van der Waals surface area contributed by atoms with Crippen molar-refractivity contribution in [3.05, 3.63) is 29.3 Å². The standard InChI is InChI=1S/C20H26O6/c1-12(23)7-18(25)16(11-22)14(5-6-21)8-13-9-15-3-2-4-17(24)20(15)19(26)10-13/h2-4,13-14,16,21-22,24H,5-11H2,1H3. The molecule has 0 aromatic heterocycles. The molecule has 3 unspecified atom stereocenters. The molecule has 6 nitrogen and oxygen atoms in total. The second kappa shape index (κ2) is 9.05. The van der Waals surface area contributed by atoms with Crippen LogP contribution in [0.5, 0.6) is 5.75 Å². The molecular formula is C20H26O6. The third-order valence-electron chi connectivity index (χ3n) is 5.13. The van der Waals surface area contributed by atoms with Crippen molar-refractivity contribution in [2.75, 3.05) is 13.2 Å². The zero-order chi connectivity index (χ0) is 19.3. The number of Topliss-reactive ketones (excluding diaryl/α,β-unsaturated/α-hetero) is 3. The van der Waals surface area contributed by atoms with Gasteiger partial charge < -0.3 is 15.3 Å². The summed E-state index contributed by atoms with van der Waals surface area (Å²) < 4.78 is 0. The van der Waals surface area contributed by atoms with Gasteiger partial charge in [0.05, 0.1) is 18.6 Å². The van der Waals surface area contributed by atoms with Gasteiger partial charge in [-0.15, -0.1) is 0 Å². The number of rotatable bonds is 9. The van der Waals surface area contributed by atoms with Gasteiger partial charge in [0.25, 0.3) is 0 Å². The summed E-state index contributed by atoms with van der Waals surface area (Å²) in [6, 6.07) is 5.00. The van der Waals surface area contributed by atoms with Gasteiger partial charge in [-0.3, -0.25) is 14.4 Å². The Balaban J connectivity index is 2.15. The third kappa shape index (κ3) is 4.77. The topological polar surface area (TPSA) is 112 Å². The number of phenols is 1. The SMILES string of the molecule is CC(=O)CC(=O)C(CO)C(CCO)CC1CC(=O)c2c(O)cccc2C1. The van der Waals surface area contributed by atoms with Crippen molar-refractivity contribution in [2.45, 2.75) is 39.0 Å². The molecule has 1 aliphatic rings. The zero-order valence-electron chi connectivity index (χ0n) is 15.0. The van der Waals surface area contributed by atoms with Crippen LogP contribution in [0.2, 0.25) is 0 Å². The molecule has 0 heterocycles. The fraction of sp³-hybridized carbons (Fsp3) is 0.550. The van der Waals surface area contributed by atoms with E-state index in [1.807, 2.05) is 6.07 Å². The molecule has 3 N–H and O–H groups in total. The van der Waals surface area contributed by atoms with Gasteiger partial charge in [-0.25, -0.2) is 0 Å². The number of hydrogen-bond acceptors (Lipinski definition) is 6. The minimum atomic E-state index is -0.716. The van der Waals surface area contributed by atoms with E-state index >= 15 is 0 Å². The Hall–Kier alpha value is -2.05. The minimum absolute atomic E-state index is 0.0114. The molecule has 1 aromatic rings. The minimum Gasteiger partial charge on any atom is -0.507 e. The highest BCUT2D eigenvalue weighted by Crippen LogP contribution is 2.36. The number of fused-ring (bicyclic) bond motifs is 1. The Morgan fingerprint density at radius 2 is 1.96 bits per heavy atom. The maximum Gasteiger partial charge on any atom is 0.167 e. The molecule has 142 valence electrons. The van der Waals surface area contributed by atoms with Crippen LogP contribution in [0.15, 0.2) is 18.2 Å². The molecule has 0 amide bonds. The zero-order valence-corrected chi connectivity index (χ0v) is 15.0. The molecule has 0 radical (unpaired) electrons. The number of hydrogen-bond donors (Lipinski definition) is 3. The molecular weight excluding hydrogens is 336 g/mol. The molecule has 1 aromatic carbocycles. The summed E-state index contributed by atoms with van der Waals surface area (Å²) in [7, 11) is 0. The van der Waals surface area contributed by atoms with Crippen LogP contribution in [0.4, 0.5) is 0 Å². The van der Waals surface area contributed by atoms with E-state index in [1.54, 1.807) is 6.07 Å². The Kier molecular flexibility index (Phi) is 7.06. The van der Waals surface area contributed by atoms with Crippen molar-refractivity contribution >= 4 is 17.3 Å². The Bertz CT molecular complexity index is 681. The summed E-state index contributed by atoms with van der Waals surface area (Å²) in [5.74, 6) is -1.77. The maximum absolute atomic E-state index is 12.4. The van der Waals surface area contributed by atoms with Crippen LogP contribution in [0.3, 0.4) is 0 Å². The van der Waals surface area contributed by atoms with E-state index in [-0.39, 0.29) is 61.0 Å². The molecule has 0 fully saturated rings. The quantitative estimate of drug-likeness (QED) is 0.576. The highest BCUT2D eigenvalue weighted by molar-refractivity contribution is 6.01. The number of benzene rings is 1. The van der Waals surface area contributed by atoms with Gasteiger partial charge in [-0.2, -0.15) is 0 Å². The number of carbonyl (C=O) groups is 3. The lowest BCUT2D eigenvalue weighted by molar-refractivity contribution is -0.131. The average molecular weight is 362 g/mol. The van der Waals surface area contributed by atoms with E-state index in [0.717, 1.165) is 5.56 Å². The molecule has 3 atom stereocenters. The highest BCUT2D eigenvalue weighted by Gasteiger charge is 2.33. The largest absolute Gasteiger partial charge is 0.507 e. The molecule has 26 heavy (non-hydrogen) atoms. The molecule has 0 aliphatic heterocycles. The van der Waals surface area contributed by atoms with Crippen LogP contribution < -0.4 is 0 Å². The summed E-state index contributed by atoms with van der Waals surface area (Å²) in [6.45, 7) is 0.817. The van der Waals surface area contributed by atoms with Crippen molar-refractivity contribution < 1.29 is 29.7 Å². The number of aliphatic hydroxyl groups is 2. The van der Waals surface area contributed by atoms with E-state index in [9.17, 15) is 29.7 Å². The first-order valence-electron chi connectivity index (χ1n) is 8.95. The summed E-state index contributed by atoms with van der Waals surface area (Å²) in [5, 5.41) is 28.9. The summed E-state index contributed by atoms with van der Waals surface area (Å²) >= 11 is 0. The highest BCUT2D eigenvalue weighted by atomic mass is 16.3. The maximum atomic E-state index is 12.4. The van der Waals surface area contributed by atoms with Gasteiger partial charge >= 0.3 is 0 Å². The van der Waals surface area contributed by atoms with E-state index in [1.165, 1.54) is 13.0 Å². The normalized spacial score (nSPS) is 18.9. The van der Waals surface area contributed by atoms with Crippen molar-refractivity contribution in [1.82, 2.24) is 0 Å². The van der Waals surface area contributed by atoms with Crippen LogP contribution in [0.25, 0.3) is 0 Å². The van der Waals surface area contributed by atoms with Crippen LogP contribution in [0, 0.1) is 17.8 Å². The lowest BCUT2D eigenvalue weighted by atomic mass is 9.73. The molecule has 1 aliphatic carbocycles. The van der Waals surface area contributed by atoms with Crippen molar-refractivity contribution in [1.29, 1.82) is 0 Å². The first-order valence-corrected chi connectivity index (χ1v) is 8.95. The number of carbonyl (C=O) groups excluding carboxylic acids is 3. The summed E-state index contributed by atoms with van der Waals surface area (Å²) in [5.41, 5.74) is 1.15. The third-order valence-corrected chi connectivity index (χ3v) is 5.13. The molecule has 0 spiro atoms. The van der Waals surface area contributed by atoms with Gasteiger partial charge in [-0.05, 0) is 49.7 Å². The fourth-order valence-corrected chi connectivity index (χ4v) is 3.96. The van der Waals surface area contributed by atoms with Crippen molar-refractivity contribution in [2.24, 2.45) is 17.8 Å². The second-order valence-electron chi connectivity index (χ2n) is 7.15. The van der Waals surface area contributed by atoms with Crippen molar-refractivity contribution in [3.8, 4) is 5.75 Å². The number of ketones is 3. The molecule has 0 saturated heterocycles. The summed E-state index contributed by atoms with van der Waals surface area (Å²) in [4.78, 5) is 35.9. The predicted octanol–water partition coefficient (Wildman–Crippen LogP) is 1.68. The van der Waals surface area contributed by atoms with Crippen LogP contribution in [0.1, 0.15) is 48.5 Å². The smallest absolute Gasteiger partial charge is 0.167 e. The van der Waals surface area contributed by atoms with Crippen LogP contribution in [-0.4, -0.2) is 45.9 Å². The van der Waals surface area contributed by atoms with Gasteiger partial charge in [-0.1, -0.05) is 12.1 Å². The van der Waals surface area contributed by atoms with E-state index in [2.05, 4.69) is 0 Å². The fourth-order valence-electron chi connectivity index (χ4n) is 3.96. The van der Waals surface area contributed by atoms with E-state index < -0.39 is 5.92 Å². The van der Waals surface area contributed by atoms with Gasteiger partial charge in [0.15, 0.2) is 5.78 Å². The Labute approximate surface area is 152 Å². The van der Waals surface area contributed by atoms with Gasteiger partial charge in [0.2, 0.25) is 0 Å². The second-order valence-corrected chi connectivity index (χ2v) is 7.15. The Morgan fingerprint density at radius 1 is 1.23 bits per heavy atom. The molecule has 0 bridgehead atoms. The van der Waals surface area contributed by atoms with E-state index in [0.29, 0.717) is 24.8 Å². The van der Waals surface area contributed by atoms with E-state index in [4.69, 9.17) is 0 Å². The average Bonchev–Trinajstić information content (AvgIpc) is 2.54. The number of aliphatic hydroxyl groups excluding tert-OH is 2. The number of aromatic hydroxyl groups is 1. The lowest BCUT2D eigenvalue weighted by Gasteiger charge is -2.30. The predicted molar refractivity (Wildman–Crippen MR) is 94.9 cm³/mol. The number of phenolic OH excluding ortho intramolecular Hbond substituents is 1. The first-order chi connectivity index (χ1) is 12.4. The van der Waals surface area contributed by atoms with Crippen LogP contribution in [-0.2, 0) is 16.0 Å². The molecule has 0 saturated carbocycles. The molecule has 2 rings (SSSR count). The molecule has 6 heteroatoms. The van der Waals surface area contributed by atoms with Gasteiger partial charge in [0.1, 0.15) is 17.3 Å². The van der Waals surface area contributed by atoms with Crippen LogP contribution >= 0.6 is 0 Å². The monoisotopic (exact) mass is 362 g/mol. The van der Waals surface area contributed by atoms with Gasteiger partial charge in [0, 0.05) is 18.9 Å². The van der Waals surface area contributed by atoms with Crippen molar-refractivity contribution in [3.63, 3.8) is 0 Å².